The van der Waals surface area contributed by atoms with Gasteiger partial charge in [-0.15, -0.1) is 0 Å². The minimum Gasteiger partial charge on any atom is -0.381 e. The van der Waals surface area contributed by atoms with Gasteiger partial charge in [-0.05, 0) is 37.8 Å². The van der Waals surface area contributed by atoms with E-state index in [0.717, 1.165) is 31.4 Å². The van der Waals surface area contributed by atoms with E-state index in [1.165, 1.54) is 0 Å². The first-order valence-corrected chi connectivity index (χ1v) is 7.40. The van der Waals surface area contributed by atoms with E-state index in [1.54, 1.807) is 19.2 Å². The van der Waals surface area contributed by atoms with Gasteiger partial charge < -0.3 is 10.1 Å². The molecular formula is C14H19F2NOS. The molecule has 0 aromatic heterocycles. The van der Waals surface area contributed by atoms with Crippen LogP contribution in [0.3, 0.4) is 0 Å². The number of nitrogens with one attached hydrogen (secondary N) is 1. The summed E-state index contributed by atoms with van der Waals surface area (Å²) in [7, 11) is 1.74. The van der Waals surface area contributed by atoms with Crippen LogP contribution in [0.1, 0.15) is 25.7 Å². The molecule has 1 N–H and O–H groups in total. The zero-order valence-corrected chi connectivity index (χ0v) is 11.8. The molecule has 5 heteroatoms. The lowest BCUT2D eigenvalue weighted by Gasteiger charge is -2.29. The van der Waals surface area contributed by atoms with Gasteiger partial charge in [0.25, 0.3) is 5.76 Å². The van der Waals surface area contributed by atoms with E-state index in [1.807, 2.05) is 12.1 Å². The first kappa shape index (κ1) is 14.6. The molecule has 0 atom stereocenters. The molecule has 1 aliphatic carbocycles. The van der Waals surface area contributed by atoms with Gasteiger partial charge in [-0.25, -0.2) is 0 Å². The molecule has 2 nitrogen and oxygen atoms in total. The Hall–Kier alpha value is -0.810. The largest absolute Gasteiger partial charge is 0.381 e. The number of hydrogen-bond acceptors (Lipinski definition) is 3. The Bertz CT molecular complexity index is 395. The van der Waals surface area contributed by atoms with Gasteiger partial charge in [0.2, 0.25) is 0 Å². The number of rotatable bonds is 5. The maximum Gasteiger partial charge on any atom is 0.288 e. The van der Waals surface area contributed by atoms with Gasteiger partial charge in [0.1, 0.15) is 0 Å². The average Bonchev–Trinajstić information content (AvgIpc) is 2.41. The van der Waals surface area contributed by atoms with E-state index >= 15 is 0 Å². The Labute approximate surface area is 116 Å². The van der Waals surface area contributed by atoms with E-state index in [4.69, 9.17) is 4.74 Å². The van der Waals surface area contributed by atoms with Gasteiger partial charge in [-0.1, -0.05) is 23.9 Å². The summed E-state index contributed by atoms with van der Waals surface area (Å²) in [5.41, 5.74) is 0.814. The molecule has 0 radical (unpaired) electrons. The highest BCUT2D eigenvalue weighted by molar-refractivity contribution is 7.99. The van der Waals surface area contributed by atoms with Crippen molar-refractivity contribution in [3.63, 3.8) is 0 Å². The SMILES string of the molecule is COC1CCC(Nc2ccccc2SC(F)F)CC1. The van der Waals surface area contributed by atoms with Crippen molar-refractivity contribution < 1.29 is 13.5 Å². The Morgan fingerprint density at radius 2 is 1.89 bits per heavy atom. The Kier molecular flexibility index (Phi) is 5.45. The number of ether oxygens (including phenoxy) is 1. The summed E-state index contributed by atoms with van der Waals surface area (Å²) in [6.45, 7) is 0. The molecule has 1 saturated carbocycles. The maximum atomic E-state index is 12.5. The fraction of sp³-hybridized carbons (Fsp3) is 0.571. The topological polar surface area (TPSA) is 21.3 Å². The van der Waals surface area contributed by atoms with Gasteiger partial charge in [-0.3, -0.25) is 0 Å². The zero-order chi connectivity index (χ0) is 13.7. The second-order valence-electron chi connectivity index (χ2n) is 4.73. The Balaban J connectivity index is 1.95. The summed E-state index contributed by atoms with van der Waals surface area (Å²) in [6, 6.07) is 7.62. The molecule has 1 aromatic rings. The van der Waals surface area contributed by atoms with Crippen LogP contribution in [0.25, 0.3) is 0 Å². The predicted molar refractivity (Wildman–Crippen MR) is 75.0 cm³/mol. The van der Waals surface area contributed by atoms with Crippen molar-refractivity contribution in [2.75, 3.05) is 12.4 Å². The normalized spacial score (nSPS) is 23.6. The summed E-state index contributed by atoms with van der Waals surface area (Å²) in [4.78, 5) is 0.617. The molecule has 1 aliphatic rings. The monoisotopic (exact) mass is 287 g/mol. The highest BCUT2D eigenvalue weighted by atomic mass is 32.2. The van der Waals surface area contributed by atoms with Crippen molar-refractivity contribution in [2.24, 2.45) is 0 Å². The lowest BCUT2D eigenvalue weighted by atomic mass is 9.93. The van der Waals surface area contributed by atoms with Gasteiger partial charge in [0.15, 0.2) is 0 Å². The van der Waals surface area contributed by atoms with E-state index in [2.05, 4.69) is 5.32 Å². The van der Waals surface area contributed by atoms with Crippen LogP contribution in [-0.2, 0) is 4.74 Å². The van der Waals surface area contributed by atoms with Crippen molar-refractivity contribution >= 4 is 17.4 Å². The third-order valence-corrected chi connectivity index (χ3v) is 4.26. The minimum absolute atomic E-state index is 0.351. The quantitative estimate of drug-likeness (QED) is 0.812. The van der Waals surface area contributed by atoms with Gasteiger partial charge in [-0.2, -0.15) is 8.78 Å². The van der Waals surface area contributed by atoms with Crippen molar-refractivity contribution in [1.29, 1.82) is 0 Å². The van der Waals surface area contributed by atoms with E-state index in [9.17, 15) is 8.78 Å². The first-order chi connectivity index (χ1) is 9.19. The van der Waals surface area contributed by atoms with Crippen LogP contribution in [-0.4, -0.2) is 25.0 Å². The minimum atomic E-state index is -2.38. The summed E-state index contributed by atoms with van der Waals surface area (Å²) >= 11 is 0.598. The lowest BCUT2D eigenvalue weighted by molar-refractivity contribution is 0.0681. The van der Waals surface area contributed by atoms with Crippen LogP contribution >= 0.6 is 11.8 Å². The van der Waals surface area contributed by atoms with Crippen LogP contribution in [0.5, 0.6) is 0 Å². The van der Waals surface area contributed by atoms with Crippen molar-refractivity contribution in [3.8, 4) is 0 Å². The number of halogens is 2. The predicted octanol–water partition coefficient (Wildman–Crippen LogP) is 4.37. The standard InChI is InChI=1S/C14H19F2NOS/c1-18-11-8-6-10(7-9-11)17-12-4-2-3-5-13(12)19-14(15)16/h2-5,10-11,14,17H,6-9H2,1H3. The van der Waals surface area contributed by atoms with Crippen molar-refractivity contribution in [1.82, 2.24) is 0 Å². The van der Waals surface area contributed by atoms with Crippen LogP contribution < -0.4 is 5.32 Å². The molecule has 0 unspecified atom stereocenters. The molecule has 0 heterocycles. The molecule has 1 fully saturated rings. The summed E-state index contributed by atoms with van der Waals surface area (Å²) in [5, 5.41) is 3.39. The molecule has 1 aromatic carbocycles. The van der Waals surface area contributed by atoms with Crippen molar-refractivity contribution in [2.45, 2.75) is 48.5 Å². The number of methoxy groups -OCH3 is 1. The molecule has 0 aliphatic heterocycles. The number of benzene rings is 1. The molecule has 0 spiro atoms. The number of anilines is 1. The molecule has 2 rings (SSSR count). The van der Waals surface area contributed by atoms with Crippen LogP contribution in [0.15, 0.2) is 29.2 Å². The van der Waals surface area contributed by atoms with Gasteiger partial charge in [0, 0.05) is 23.7 Å². The van der Waals surface area contributed by atoms with Crippen LogP contribution in [0.2, 0.25) is 0 Å². The molecule has 0 saturated heterocycles. The second-order valence-corrected chi connectivity index (χ2v) is 5.76. The average molecular weight is 287 g/mol. The molecular weight excluding hydrogens is 268 g/mol. The smallest absolute Gasteiger partial charge is 0.288 e. The van der Waals surface area contributed by atoms with E-state index in [-0.39, 0.29) is 0 Å². The van der Waals surface area contributed by atoms with E-state index in [0.29, 0.717) is 28.8 Å². The first-order valence-electron chi connectivity index (χ1n) is 6.52. The maximum absolute atomic E-state index is 12.5. The second kappa shape index (κ2) is 7.10. The summed E-state index contributed by atoms with van der Waals surface area (Å²) < 4.78 is 30.3. The highest BCUT2D eigenvalue weighted by Crippen LogP contribution is 2.33. The molecule has 0 amide bonds. The molecule has 19 heavy (non-hydrogen) atoms. The van der Waals surface area contributed by atoms with Gasteiger partial charge >= 0.3 is 0 Å². The summed E-state index contributed by atoms with van der Waals surface area (Å²) in [5.74, 6) is -2.38. The fourth-order valence-corrected chi connectivity index (χ4v) is 3.05. The summed E-state index contributed by atoms with van der Waals surface area (Å²) in [6.07, 6.45) is 4.44. The van der Waals surface area contributed by atoms with Crippen LogP contribution in [0, 0.1) is 0 Å². The van der Waals surface area contributed by atoms with Gasteiger partial charge in [0.05, 0.1) is 6.10 Å². The number of thioether (sulfide) groups is 1. The Morgan fingerprint density at radius 1 is 1.21 bits per heavy atom. The van der Waals surface area contributed by atoms with Crippen molar-refractivity contribution in [3.05, 3.63) is 24.3 Å². The number of para-hydroxylation sites is 1. The fourth-order valence-electron chi connectivity index (χ4n) is 2.45. The number of alkyl halides is 2. The Morgan fingerprint density at radius 3 is 2.53 bits per heavy atom. The lowest BCUT2D eigenvalue weighted by Crippen LogP contribution is -2.29. The highest BCUT2D eigenvalue weighted by Gasteiger charge is 2.21. The van der Waals surface area contributed by atoms with Crippen LogP contribution in [0.4, 0.5) is 14.5 Å². The molecule has 106 valence electrons. The molecule has 0 bridgehead atoms. The zero-order valence-electron chi connectivity index (χ0n) is 10.9. The van der Waals surface area contributed by atoms with E-state index < -0.39 is 5.76 Å². The number of hydrogen-bond donors (Lipinski definition) is 1. The third kappa shape index (κ3) is 4.35. The third-order valence-electron chi connectivity index (χ3n) is 3.47.